The number of hydrogen-bond acceptors (Lipinski definition) is 3. The standard InChI is InChI=1S/C17H22ClN3O/c1-2-21-8-7-19-17(21)13-20-9-10-22-15(12-20)11-14-5-3-4-6-16(14)18/h3-8,15H,2,9-13H2,1H3/t15-/m0/s1. The maximum atomic E-state index is 6.25. The summed E-state index contributed by atoms with van der Waals surface area (Å²) in [5, 5.41) is 0.824. The molecule has 2 aromatic rings. The van der Waals surface area contributed by atoms with Gasteiger partial charge in [0, 0.05) is 43.5 Å². The highest BCUT2D eigenvalue weighted by Gasteiger charge is 2.22. The van der Waals surface area contributed by atoms with Crippen LogP contribution in [-0.2, 0) is 24.2 Å². The summed E-state index contributed by atoms with van der Waals surface area (Å²) in [6.07, 6.45) is 4.97. The highest BCUT2D eigenvalue weighted by molar-refractivity contribution is 6.31. The lowest BCUT2D eigenvalue weighted by atomic mass is 10.1. The summed E-state index contributed by atoms with van der Waals surface area (Å²) in [6, 6.07) is 8.01. The summed E-state index contributed by atoms with van der Waals surface area (Å²) in [7, 11) is 0. The number of benzene rings is 1. The van der Waals surface area contributed by atoms with Crippen LogP contribution in [0.25, 0.3) is 0 Å². The van der Waals surface area contributed by atoms with Crippen LogP contribution in [0.3, 0.4) is 0 Å². The second-order valence-electron chi connectivity index (χ2n) is 5.65. The van der Waals surface area contributed by atoms with Crippen molar-refractivity contribution in [1.82, 2.24) is 14.5 Å². The Hall–Kier alpha value is -1.36. The highest BCUT2D eigenvalue weighted by Crippen LogP contribution is 2.20. The van der Waals surface area contributed by atoms with Gasteiger partial charge >= 0.3 is 0 Å². The zero-order chi connectivity index (χ0) is 15.4. The molecule has 1 aromatic carbocycles. The lowest BCUT2D eigenvalue weighted by Crippen LogP contribution is -2.43. The Morgan fingerprint density at radius 3 is 3.05 bits per heavy atom. The van der Waals surface area contributed by atoms with Crippen molar-refractivity contribution in [2.24, 2.45) is 0 Å². The van der Waals surface area contributed by atoms with E-state index in [-0.39, 0.29) is 6.10 Å². The van der Waals surface area contributed by atoms with Gasteiger partial charge in [0.2, 0.25) is 0 Å². The Morgan fingerprint density at radius 2 is 2.23 bits per heavy atom. The van der Waals surface area contributed by atoms with Gasteiger partial charge in [-0.25, -0.2) is 4.98 Å². The lowest BCUT2D eigenvalue weighted by molar-refractivity contribution is -0.0315. The van der Waals surface area contributed by atoms with Crippen LogP contribution in [0.2, 0.25) is 5.02 Å². The zero-order valence-electron chi connectivity index (χ0n) is 12.9. The molecule has 0 amide bonds. The van der Waals surface area contributed by atoms with Gasteiger partial charge in [-0.1, -0.05) is 29.8 Å². The fourth-order valence-electron chi connectivity index (χ4n) is 2.94. The quantitative estimate of drug-likeness (QED) is 0.848. The van der Waals surface area contributed by atoms with Gasteiger partial charge in [-0.05, 0) is 18.6 Å². The van der Waals surface area contributed by atoms with Gasteiger partial charge in [-0.2, -0.15) is 0 Å². The molecule has 0 saturated carbocycles. The topological polar surface area (TPSA) is 30.3 Å². The van der Waals surface area contributed by atoms with Gasteiger partial charge in [0.05, 0.1) is 19.3 Å². The van der Waals surface area contributed by atoms with E-state index in [0.29, 0.717) is 0 Å². The van der Waals surface area contributed by atoms with E-state index in [1.54, 1.807) is 0 Å². The molecule has 1 fully saturated rings. The van der Waals surface area contributed by atoms with Crippen molar-refractivity contribution in [1.29, 1.82) is 0 Å². The fraction of sp³-hybridized carbons (Fsp3) is 0.471. The van der Waals surface area contributed by atoms with Gasteiger partial charge in [0.25, 0.3) is 0 Å². The van der Waals surface area contributed by atoms with Gasteiger partial charge in [0.1, 0.15) is 5.82 Å². The maximum absolute atomic E-state index is 6.25. The minimum atomic E-state index is 0.193. The first-order chi connectivity index (χ1) is 10.8. The van der Waals surface area contributed by atoms with Gasteiger partial charge in [0.15, 0.2) is 0 Å². The molecule has 0 N–H and O–H groups in total. The van der Waals surface area contributed by atoms with Crippen molar-refractivity contribution in [2.45, 2.75) is 32.5 Å². The van der Waals surface area contributed by atoms with Crippen molar-refractivity contribution >= 4 is 11.6 Å². The van der Waals surface area contributed by atoms with E-state index in [1.165, 1.54) is 0 Å². The molecule has 1 atom stereocenters. The van der Waals surface area contributed by atoms with Crippen molar-refractivity contribution < 1.29 is 4.74 Å². The number of aryl methyl sites for hydroxylation is 1. The van der Waals surface area contributed by atoms with E-state index >= 15 is 0 Å². The molecule has 0 aliphatic carbocycles. The highest BCUT2D eigenvalue weighted by atomic mass is 35.5. The van der Waals surface area contributed by atoms with Crippen LogP contribution in [0.4, 0.5) is 0 Å². The van der Waals surface area contributed by atoms with Crippen molar-refractivity contribution in [3.05, 3.63) is 53.1 Å². The van der Waals surface area contributed by atoms with Gasteiger partial charge < -0.3 is 9.30 Å². The van der Waals surface area contributed by atoms with Crippen LogP contribution >= 0.6 is 11.6 Å². The van der Waals surface area contributed by atoms with E-state index in [1.807, 2.05) is 30.6 Å². The van der Waals surface area contributed by atoms with E-state index in [0.717, 1.165) is 55.6 Å². The SMILES string of the molecule is CCn1ccnc1CN1CCO[C@@H](Cc2ccccc2Cl)C1. The molecule has 0 radical (unpaired) electrons. The van der Waals surface area contributed by atoms with E-state index < -0.39 is 0 Å². The molecular formula is C17H22ClN3O. The van der Waals surface area contributed by atoms with Crippen molar-refractivity contribution in [3.8, 4) is 0 Å². The van der Waals surface area contributed by atoms with Gasteiger partial charge in [-0.15, -0.1) is 0 Å². The Morgan fingerprint density at radius 1 is 1.36 bits per heavy atom. The Balaban J connectivity index is 1.61. The number of aromatic nitrogens is 2. The smallest absolute Gasteiger partial charge is 0.122 e. The molecule has 1 aliphatic heterocycles. The third-order valence-electron chi connectivity index (χ3n) is 4.14. The molecule has 0 spiro atoms. The normalized spacial score (nSPS) is 19.5. The predicted octanol–water partition coefficient (Wildman–Crippen LogP) is 3.00. The Kier molecular flexibility index (Phi) is 5.13. The van der Waals surface area contributed by atoms with Crippen LogP contribution in [0.5, 0.6) is 0 Å². The van der Waals surface area contributed by atoms with Crippen LogP contribution in [-0.4, -0.2) is 40.3 Å². The number of hydrogen-bond donors (Lipinski definition) is 0. The fourth-order valence-corrected chi connectivity index (χ4v) is 3.15. The molecule has 5 heteroatoms. The van der Waals surface area contributed by atoms with E-state index in [9.17, 15) is 0 Å². The average Bonchev–Trinajstić information content (AvgIpc) is 2.97. The summed E-state index contributed by atoms with van der Waals surface area (Å²) >= 11 is 6.25. The monoisotopic (exact) mass is 319 g/mol. The Labute approximate surface area is 136 Å². The molecule has 1 aliphatic rings. The molecule has 0 bridgehead atoms. The number of halogens is 1. The molecule has 0 unspecified atom stereocenters. The first-order valence-corrected chi connectivity index (χ1v) is 8.21. The molecule has 22 heavy (non-hydrogen) atoms. The number of morpholine rings is 1. The minimum absolute atomic E-state index is 0.193. The zero-order valence-corrected chi connectivity index (χ0v) is 13.7. The molecular weight excluding hydrogens is 298 g/mol. The third-order valence-corrected chi connectivity index (χ3v) is 4.50. The summed E-state index contributed by atoms with van der Waals surface area (Å²) in [5.74, 6) is 1.13. The largest absolute Gasteiger partial charge is 0.375 e. The lowest BCUT2D eigenvalue weighted by Gasteiger charge is -2.33. The first-order valence-electron chi connectivity index (χ1n) is 7.83. The third kappa shape index (κ3) is 3.69. The summed E-state index contributed by atoms with van der Waals surface area (Å²) in [6.45, 7) is 6.62. The molecule has 3 rings (SSSR count). The van der Waals surface area contributed by atoms with Crippen LogP contribution in [0.15, 0.2) is 36.7 Å². The van der Waals surface area contributed by atoms with Crippen LogP contribution in [0.1, 0.15) is 18.3 Å². The molecule has 1 aromatic heterocycles. The molecule has 118 valence electrons. The van der Waals surface area contributed by atoms with Gasteiger partial charge in [-0.3, -0.25) is 4.90 Å². The average molecular weight is 320 g/mol. The minimum Gasteiger partial charge on any atom is -0.375 e. The number of ether oxygens (including phenoxy) is 1. The van der Waals surface area contributed by atoms with Crippen molar-refractivity contribution in [2.75, 3.05) is 19.7 Å². The molecule has 4 nitrogen and oxygen atoms in total. The summed E-state index contributed by atoms with van der Waals surface area (Å²) in [5.41, 5.74) is 1.16. The summed E-state index contributed by atoms with van der Waals surface area (Å²) in [4.78, 5) is 6.88. The van der Waals surface area contributed by atoms with E-state index in [2.05, 4.69) is 27.4 Å². The van der Waals surface area contributed by atoms with Crippen LogP contribution < -0.4 is 0 Å². The molecule has 1 saturated heterocycles. The number of rotatable bonds is 5. The predicted molar refractivity (Wildman–Crippen MR) is 88.1 cm³/mol. The second kappa shape index (κ2) is 7.27. The van der Waals surface area contributed by atoms with Crippen LogP contribution in [0, 0.1) is 0 Å². The number of nitrogens with zero attached hydrogens (tertiary/aromatic N) is 3. The maximum Gasteiger partial charge on any atom is 0.122 e. The second-order valence-corrected chi connectivity index (χ2v) is 6.06. The van der Waals surface area contributed by atoms with Crippen molar-refractivity contribution in [3.63, 3.8) is 0 Å². The summed E-state index contributed by atoms with van der Waals surface area (Å²) < 4.78 is 8.11. The van der Waals surface area contributed by atoms with E-state index in [4.69, 9.17) is 16.3 Å². The Bertz CT molecular complexity index is 613. The first kappa shape index (κ1) is 15.5. The number of imidazole rings is 1. The molecule has 2 heterocycles.